The van der Waals surface area contributed by atoms with Crippen LogP contribution < -0.4 is 0 Å². The molecule has 2 fully saturated rings. The summed E-state index contributed by atoms with van der Waals surface area (Å²) in [6, 6.07) is 4.15. The third kappa shape index (κ3) is 2.87. The van der Waals surface area contributed by atoms with Crippen LogP contribution in [-0.2, 0) is 23.1 Å². The average molecular weight is 302 g/mol. The number of amides is 1. The smallest absolute Gasteiger partial charge is 0.248 e. The van der Waals surface area contributed by atoms with Crippen molar-refractivity contribution in [1.82, 2.24) is 14.4 Å². The number of aryl methyl sites for hydroxylation is 1. The molecule has 118 valence electrons. The molecule has 0 aliphatic carbocycles. The minimum atomic E-state index is -0.159. The van der Waals surface area contributed by atoms with E-state index in [1.807, 2.05) is 30.9 Å². The van der Waals surface area contributed by atoms with Gasteiger partial charge in [-0.15, -0.1) is 0 Å². The second kappa shape index (κ2) is 5.75. The third-order valence-electron chi connectivity index (χ3n) is 4.80. The summed E-state index contributed by atoms with van der Waals surface area (Å²) in [5.74, 6) is 0.0707. The van der Waals surface area contributed by atoms with Gasteiger partial charge in [0.15, 0.2) is 0 Å². The van der Waals surface area contributed by atoms with Crippen molar-refractivity contribution in [2.75, 3.05) is 33.3 Å². The molecule has 1 aromatic rings. The first kappa shape index (κ1) is 15.1. The number of hydrogen-bond donors (Lipinski definition) is 0. The van der Waals surface area contributed by atoms with E-state index in [4.69, 9.17) is 10.00 Å². The molecule has 0 atom stereocenters. The maximum Gasteiger partial charge on any atom is 0.248 e. The predicted octanol–water partition coefficient (Wildman–Crippen LogP) is 0.720. The number of rotatable bonds is 2. The molecular formula is C16H22N4O2. The second-order valence-electron chi connectivity index (χ2n) is 6.45. The van der Waals surface area contributed by atoms with E-state index in [1.54, 1.807) is 4.90 Å². The van der Waals surface area contributed by atoms with Gasteiger partial charge >= 0.3 is 0 Å². The minimum Gasteiger partial charge on any atom is -0.363 e. The molecule has 0 aromatic carbocycles. The van der Waals surface area contributed by atoms with Crippen LogP contribution in [-0.4, -0.2) is 59.2 Å². The summed E-state index contributed by atoms with van der Waals surface area (Å²) in [6.45, 7) is 3.68. The van der Waals surface area contributed by atoms with E-state index in [1.165, 1.54) is 5.56 Å². The van der Waals surface area contributed by atoms with Crippen molar-refractivity contribution >= 4 is 5.91 Å². The number of likely N-dealkylation sites (N-methyl/N-ethyl adjacent to an activating group) is 1. The quantitative estimate of drug-likeness (QED) is 0.807. The first-order chi connectivity index (χ1) is 10.5. The molecule has 22 heavy (non-hydrogen) atoms. The number of hydrogen-bond acceptors (Lipinski definition) is 4. The van der Waals surface area contributed by atoms with E-state index in [0.717, 1.165) is 32.5 Å². The fourth-order valence-corrected chi connectivity index (χ4v) is 3.40. The molecule has 0 radical (unpaired) electrons. The lowest BCUT2D eigenvalue weighted by Crippen LogP contribution is -2.57. The Morgan fingerprint density at radius 1 is 1.36 bits per heavy atom. The van der Waals surface area contributed by atoms with Crippen molar-refractivity contribution in [2.24, 2.45) is 7.05 Å². The Labute approximate surface area is 130 Å². The Bertz CT molecular complexity index is 608. The molecule has 1 aromatic heterocycles. The van der Waals surface area contributed by atoms with Gasteiger partial charge in [0, 0.05) is 46.5 Å². The van der Waals surface area contributed by atoms with Crippen LogP contribution in [0.25, 0.3) is 0 Å². The number of likely N-dealkylation sites (tertiary alicyclic amines) is 1. The van der Waals surface area contributed by atoms with Crippen molar-refractivity contribution in [2.45, 2.75) is 25.0 Å². The van der Waals surface area contributed by atoms with Gasteiger partial charge in [-0.25, -0.2) is 0 Å². The molecule has 0 unspecified atom stereocenters. The number of aromatic nitrogens is 1. The van der Waals surface area contributed by atoms with Gasteiger partial charge in [-0.05, 0) is 24.5 Å². The van der Waals surface area contributed by atoms with Crippen LogP contribution in [0, 0.1) is 11.3 Å². The zero-order valence-corrected chi connectivity index (χ0v) is 13.2. The molecule has 0 N–H and O–H groups in total. The highest BCUT2D eigenvalue weighted by Crippen LogP contribution is 2.30. The lowest BCUT2D eigenvalue weighted by atomic mass is 9.89. The average Bonchev–Trinajstić information content (AvgIpc) is 2.86. The molecule has 0 saturated carbocycles. The molecule has 2 saturated heterocycles. The van der Waals surface area contributed by atoms with E-state index in [-0.39, 0.29) is 18.1 Å². The first-order valence-electron chi connectivity index (χ1n) is 7.67. The van der Waals surface area contributed by atoms with Gasteiger partial charge in [0.2, 0.25) is 5.91 Å². The van der Waals surface area contributed by atoms with Crippen LogP contribution >= 0.6 is 0 Å². The number of nitrogens with zero attached hydrogens (tertiary/aromatic N) is 4. The van der Waals surface area contributed by atoms with Crippen LogP contribution in [0.4, 0.5) is 0 Å². The van der Waals surface area contributed by atoms with Crippen molar-refractivity contribution in [1.29, 1.82) is 5.26 Å². The number of carbonyl (C=O) groups is 1. The lowest BCUT2D eigenvalue weighted by molar-refractivity contribution is -0.169. The Morgan fingerprint density at radius 2 is 2.09 bits per heavy atom. The Hall–Kier alpha value is -1.84. The number of ether oxygens (including phenoxy) is 1. The van der Waals surface area contributed by atoms with Crippen molar-refractivity contribution in [3.8, 4) is 6.07 Å². The Kier molecular flexibility index (Phi) is 3.94. The topological polar surface area (TPSA) is 61.5 Å². The molecule has 1 amide bonds. The van der Waals surface area contributed by atoms with Gasteiger partial charge in [0.1, 0.15) is 18.4 Å². The molecule has 2 aliphatic rings. The fourth-order valence-electron chi connectivity index (χ4n) is 3.40. The predicted molar refractivity (Wildman–Crippen MR) is 81.0 cm³/mol. The molecule has 2 aliphatic heterocycles. The summed E-state index contributed by atoms with van der Waals surface area (Å²) in [4.78, 5) is 15.7. The molecule has 1 spiro atoms. The summed E-state index contributed by atoms with van der Waals surface area (Å²) in [6.07, 6.45) is 3.91. The van der Waals surface area contributed by atoms with Crippen LogP contribution in [0.2, 0.25) is 0 Å². The van der Waals surface area contributed by atoms with Crippen molar-refractivity contribution < 1.29 is 9.53 Å². The standard InChI is InChI=1S/C16H22N4O2/c1-18-9-13(7-14(18)8-17)10-20-5-3-16(4-6-20)12-19(2)15(21)11-22-16/h7,9H,3-6,10-12H2,1-2H3. The molecule has 3 heterocycles. The molecule has 6 heteroatoms. The molecular weight excluding hydrogens is 280 g/mol. The van der Waals surface area contributed by atoms with Crippen molar-refractivity contribution in [3.63, 3.8) is 0 Å². The van der Waals surface area contributed by atoms with Gasteiger partial charge in [-0.1, -0.05) is 0 Å². The van der Waals surface area contributed by atoms with Crippen LogP contribution in [0.3, 0.4) is 0 Å². The number of nitriles is 1. The largest absolute Gasteiger partial charge is 0.363 e. The summed E-state index contributed by atoms with van der Waals surface area (Å²) >= 11 is 0. The normalized spacial score (nSPS) is 22.0. The van der Waals surface area contributed by atoms with Crippen LogP contribution in [0.15, 0.2) is 12.3 Å². The van der Waals surface area contributed by atoms with E-state index in [9.17, 15) is 4.79 Å². The fraction of sp³-hybridized carbons (Fsp3) is 0.625. The van der Waals surface area contributed by atoms with Gasteiger partial charge in [0.05, 0.1) is 5.60 Å². The lowest BCUT2D eigenvalue weighted by Gasteiger charge is -2.46. The highest BCUT2D eigenvalue weighted by atomic mass is 16.5. The van der Waals surface area contributed by atoms with Crippen LogP contribution in [0.1, 0.15) is 24.1 Å². The molecule has 0 bridgehead atoms. The number of piperidine rings is 1. The van der Waals surface area contributed by atoms with E-state index < -0.39 is 0 Å². The zero-order chi connectivity index (χ0) is 15.7. The maximum absolute atomic E-state index is 11.6. The third-order valence-corrected chi connectivity index (χ3v) is 4.80. The van der Waals surface area contributed by atoms with Gasteiger partial charge in [-0.2, -0.15) is 5.26 Å². The monoisotopic (exact) mass is 302 g/mol. The SMILES string of the molecule is CN1CC2(CCN(Cc3cc(C#N)n(C)c3)CC2)OCC1=O. The zero-order valence-electron chi connectivity index (χ0n) is 13.2. The minimum absolute atomic E-state index is 0.0707. The first-order valence-corrected chi connectivity index (χ1v) is 7.67. The second-order valence-corrected chi connectivity index (χ2v) is 6.45. The van der Waals surface area contributed by atoms with E-state index >= 15 is 0 Å². The number of carbonyl (C=O) groups excluding carboxylic acids is 1. The highest BCUT2D eigenvalue weighted by molar-refractivity contribution is 5.78. The van der Waals surface area contributed by atoms with Gasteiger partial charge in [0.25, 0.3) is 0 Å². The summed E-state index contributed by atoms with van der Waals surface area (Å²) in [5, 5.41) is 9.02. The summed E-state index contributed by atoms with van der Waals surface area (Å²) in [7, 11) is 3.75. The summed E-state index contributed by atoms with van der Waals surface area (Å²) < 4.78 is 7.73. The summed E-state index contributed by atoms with van der Waals surface area (Å²) in [5.41, 5.74) is 1.71. The molecule has 3 rings (SSSR count). The number of morpholine rings is 1. The maximum atomic E-state index is 11.6. The molecule has 6 nitrogen and oxygen atoms in total. The Morgan fingerprint density at radius 3 is 2.68 bits per heavy atom. The van der Waals surface area contributed by atoms with E-state index in [2.05, 4.69) is 11.0 Å². The van der Waals surface area contributed by atoms with Gasteiger partial charge < -0.3 is 14.2 Å². The van der Waals surface area contributed by atoms with E-state index in [0.29, 0.717) is 12.2 Å². The highest BCUT2D eigenvalue weighted by Gasteiger charge is 2.41. The van der Waals surface area contributed by atoms with Crippen molar-refractivity contribution in [3.05, 3.63) is 23.5 Å². The van der Waals surface area contributed by atoms with Crippen LogP contribution in [0.5, 0.6) is 0 Å². The Balaban J connectivity index is 1.58. The van der Waals surface area contributed by atoms with Gasteiger partial charge in [-0.3, -0.25) is 9.69 Å².